The van der Waals surface area contributed by atoms with Crippen molar-refractivity contribution in [2.24, 2.45) is 5.92 Å². The van der Waals surface area contributed by atoms with E-state index >= 15 is 0 Å². The molecule has 0 aromatic heterocycles. The van der Waals surface area contributed by atoms with Crippen molar-refractivity contribution in [1.82, 2.24) is 16.2 Å². The van der Waals surface area contributed by atoms with Gasteiger partial charge in [-0.25, -0.2) is 0 Å². The molecule has 164 valence electrons. The molecule has 1 aliphatic rings. The van der Waals surface area contributed by atoms with Crippen molar-refractivity contribution in [2.75, 3.05) is 13.2 Å². The second-order valence-corrected chi connectivity index (χ2v) is 7.68. The Morgan fingerprint density at radius 2 is 1.55 bits per heavy atom. The van der Waals surface area contributed by atoms with Gasteiger partial charge in [0.15, 0.2) is 5.11 Å². The molecule has 8 heteroatoms. The van der Waals surface area contributed by atoms with Gasteiger partial charge in [0, 0.05) is 11.5 Å². The Morgan fingerprint density at radius 1 is 0.871 bits per heavy atom. The van der Waals surface area contributed by atoms with Crippen LogP contribution in [0.15, 0.2) is 54.6 Å². The van der Waals surface area contributed by atoms with Gasteiger partial charge < -0.3 is 9.47 Å². The Bertz CT molecular complexity index is 885. The number of nitrogens with one attached hydrogen (secondary N) is 3. The standard InChI is InChI=1S/C23H27N3O4S/c27-21(24-23(31)26-25-22(28)17-8-3-1-4-9-17)18-10-7-13-20(16-18)30-15-14-29-19-11-5-2-6-12-19/h2,5-7,10-13,16-17H,1,3-4,8-9,14-15H2,(H,25,28)(H2,24,26,27,31). The maximum atomic E-state index is 12.4. The Labute approximate surface area is 187 Å². The Hall–Kier alpha value is -3.13. The molecule has 0 unspecified atom stereocenters. The van der Waals surface area contributed by atoms with Crippen molar-refractivity contribution < 1.29 is 19.1 Å². The average Bonchev–Trinajstić information content (AvgIpc) is 2.81. The summed E-state index contributed by atoms with van der Waals surface area (Å²) in [5, 5.41) is 2.60. The van der Waals surface area contributed by atoms with Crippen LogP contribution in [0, 0.1) is 5.92 Å². The highest BCUT2D eigenvalue weighted by Gasteiger charge is 2.21. The van der Waals surface area contributed by atoms with Gasteiger partial charge in [0.2, 0.25) is 5.91 Å². The predicted octanol–water partition coefficient (Wildman–Crippen LogP) is 3.36. The molecule has 2 aromatic carbocycles. The fourth-order valence-electron chi connectivity index (χ4n) is 3.35. The van der Waals surface area contributed by atoms with Crippen LogP contribution in [0.5, 0.6) is 11.5 Å². The summed E-state index contributed by atoms with van der Waals surface area (Å²) < 4.78 is 11.2. The Balaban J connectivity index is 1.40. The minimum Gasteiger partial charge on any atom is -0.490 e. The van der Waals surface area contributed by atoms with Gasteiger partial charge in [0.05, 0.1) is 0 Å². The first-order valence-corrected chi connectivity index (χ1v) is 10.8. The number of amides is 2. The summed E-state index contributed by atoms with van der Waals surface area (Å²) in [6, 6.07) is 16.2. The van der Waals surface area contributed by atoms with Crippen molar-refractivity contribution in [3.05, 3.63) is 60.2 Å². The van der Waals surface area contributed by atoms with E-state index in [0.717, 1.165) is 31.4 Å². The molecule has 1 fully saturated rings. The van der Waals surface area contributed by atoms with E-state index in [1.165, 1.54) is 6.42 Å². The minimum atomic E-state index is -0.393. The molecular weight excluding hydrogens is 414 g/mol. The molecule has 0 saturated heterocycles. The number of hydrazine groups is 1. The van der Waals surface area contributed by atoms with E-state index in [4.69, 9.17) is 21.7 Å². The number of hydrogen-bond acceptors (Lipinski definition) is 5. The van der Waals surface area contributed by atoms with E-state index < -0.39 is 5.91 Å². The molecule has 0 heterocycles. The normalized spacial score (nSPS) is 13.7. The number of rotatable bonds is 7. The van der Waals surface area contributed by atoms with E-state index in [2.05, 4.69) is 16.2 Å². The first-order chi connectivity index (χ1) is 15.1. The molecule has 31 heavy (non-hydrogen) atoms. The second-order valence-electron chi connectivity index (χ2n) is 7.27. The molecular formula is C23H27N3O4S. The lowest BCUT2D eigenvalue weighted by molar-refractivity contribution is -0.126. The number of ether oxygens (including phenoxy) is 2. The Morgan fingerprint density at radius 3 is 2.29 bits per heavy atom. The first-order valence-electron chi connectivity index (χ1n) is 10.4. The first kappa shape index (κ1) is 22.6. The zero-order valence-electron chi connectivity index (χ0n) is 17.3. The van der Waals surface area contributed by atoms with Crippen LogP contribution in [0.4, 0.5) is 0 Å². The zero-order valence-corrected chi connectivity index (χ0v) is 18.1. The zero-order chi connectivity index (χ0) is 21.9. The van der Waals surface area contributed by atoms with Gasteiger partial charge in [-0.15, -0.1) is 0 Å². The maximum absolute atomic E-state index is 12.4. The van der Waals surface area contributed by atoms with Crippen LogP contribution in [0.2, 0.25) is 0 Å². The lowest BCUT2D eigenvalue weighted by atomic mass is 9.89. The van der Waals surface area contributed by atoms with Gasteiger partial charge in [-0.1, -0.05) is 43.5 Å². The third-order valence-electron chi connectivity index (χ3n) is 4.96. The van der Waals surface area contributed by atoms with Gasteiger partial charge in [-0.3, -0.25) is 25.8 Å². The summed E-state index contributed by atoms with van der Waals surface area (Å²) >= 11 is 5.11. The number of thiocarbonyl (C=S) groups is 1. The summed E-state index contributed by atoms with van der Waals surface area (Å²) in [5.74, 6) is 0.837. The van der Waals surface area contributed by atoms with Crippen molar-refractivity contribution in [1.29, 1.82) is 0 Å². The molecule has 3 N–H and O–H groups in total. The third-order valence-corrected chi connectivity index (χ3v) is 5.17. The van der Waals surface area contributed by atoms with Crippen molar-refractivity contribution >= 4 is 29.1 Å². The minimum absolute atomic E-state index is 0.000507. The molecule has 0 radical (unpaired) electrons. The second kappa shape index (κ2) is 11.9. The quantitative estimate of drug-likeness (QED) is 0.347. The van der Waals surface area contributed by atoms with Gasteiger partial charge in [-0.2, -0.15) is 0 Å². The van der Waals surface area contributed by atoms with Crippen molar-refractivity contribution in [3.8, 4) is 11.5 Å². The topological polar surface area (TPSA) is 88.7 Å². The molecule has 0 spiro atoms. The summed E-state index contributed by atoms with van der Waals surface area (Å²) in [7, 11) is 0. The molecule has 2 aromatic rings. The Kier molecular flexibility index (Phi) is 8.66. The van der Waals surface area contributed by atoms with Crippen LogP contribution in [0.25, 0.3) is 0 Å². The number of carbonyl (C=O) groups is 2. The highest BCUT2D eigenvalue weighted by Crippen LogP contribution is 2.23. The van der Waals surface area contributed by atoms with Gasteiger partial charge in [0.1, 0.15) is 24.7 Å². The number of benzene rings is 2. The van der Waals surface area contributed by atoms with Crippen molar-refractivity contribution in [2.45, 2.75) is 32.1 Å². The van der Waals surface area contributed by atoms with E-state index in [9.17, 15) is 9.59 Å². The maximum Gasteiger partial charge on any atom is 0.257 e. The van der Waals surface area contributed by atoms with E-state index in [-0.39, 0.29) is 16.9 Å². The lowest BCUT2D eigenvalue weighted by Crippen LogP contribution is -2.50. The highest BCUT2D eigenvalue weighted by atomic mass is 32.1. The van der Waals surface area contributed by atoms with Crippen LogP contribution in [0.3, 0.4) is 0 Å². The molecule has 0 atom stereocenters. The number of carbonyl (C=O) groups excluding carboxylic acids is 2. The third kappa shape index (κ3) is 7.57. The fraction of sp³-hybridized carbons (Fsp3) is 0.348. The van der Waals surface area contributed by atoms with Gasteiger partial charge >= 0.3 is 0 Å². The van der Waals surface area contributed by atoms with Crippen LogP contribution in [-0.2, 0) is 4.79 Å². The molecule has 7 nitrogen and oxygen atoms in total. The monoisotopic (exact) mass is 441 g/mol. The van der Waals surface area contributed by atoms with E-state index in [1.807, 2.05) is 30.3 Å². The SMILES string of the molecule is O=C(NC(=S)NNC(=O)C1CCCCC1)c1cccc(OCCOc2ccccc2)c1. The van der Waals surface area contributed by atoms with Crippen molar-refractivity contribution in [3.63, 3.8) is 0 Å². The molecule has 2 amide bonds. The lowest BCUT2D eigenvalue weighted by Gasteiger charge is -2.21. The fourth-order valence-corrected chi connectivity index (χ4v) is 3.50. The van der Waals surface area contributed by atoms with E-state index in [1.54, 1.807) is 24.3 Å². The average molecular weight is 442 g/mol. The van der Waals surface area contributed by atoms with E-state index in [0.29, 0.717) is 24.5 Å². The largest absolute Gasteiger partial charge is 0.490 e. The summed E-state index contributed by atoms with van der Waals surface area (Å²) in [6.45, 7) is 0.724. The van der Waals surface area contributed by atoms with Gasteiger partial charge in [-0.05, 0) is 55.4 Å². The summed E-state index contributed by atoms with van der Waals surface area (Å²) in [5.41, 5.74) is 5.58. The summed E-state index contributed by atoms with van der Waals surface area (Å²) in [6.07, 6.45) is 5.08. The smallest absolute Gasteiger partial charge is 0.257 e. The van der Waals surface area contributed by atoms with Crippen LogP contribution in [-0.4, -0.2) is 30.1 Å². The molecule has 1 aliphatic carbocycles. The molecule has 1 saturated carbocycles. The van der Waals surface area contributed by atoms with Gasteiger partial charge in [0.25, 0.3) is 5.91 Å². The summed E-state index contributed by atoms with van der Waals surface area (Å²) in [4.78, 5) is 24.6. The molecule has 3 rings (SSSR count). The highest BCUT2D eigenvalue weighted by molar-refractivity contribution is 7.80. The predicted molar refractivity (Wildman–Crippen MR) is 122 cm³/mol. The van der Waals surface area contributed by atoms with Crippen LogP contribution in [0.1, 0.15) is 42.5 Å². The van der Waals surface area contributed by atoms with Crippen LogP contribution >= 0.6 is 12.2 Å². The van der Waals surface area contributed by atoms with Crippen LogP contribution < -0.4 is 25.6 Å². The number of hydrogen-bond donors (Lipinski definition) is 3. The molecule has 0 aliphatic heterocycles. The molecule has 0 bridgehead atoms. The number of para-hydroxylation sites is 1.